The molecule has 2 heterocycles. The Labute approximate surface area is 195 Å². The number of thioether (sulfide) groups is 1. The van der Waals surface area contributed by atoms with Crippen LogP contribution in [0.5, 0.6) is 0 Å². The van der Waals surface area contributed by atoms with Crippen LogP contribution in [-0.2, 0) is 9.53 Å². The van der Waals surface area contributed by atoms with Crippen LogP contribution >= 0.6 is 34.7 Å². The average Bonchev–Trinajstić information content (AvgIpc) is 3.23. The molecule has 5 nitrogen and oxygen atoms in total. The van der Waals surface area contributed by atoms with E-state index in [2.05, 4.69) is 17.0 Å². The minimum atomic E-state index is -0.0991. The van der Waals surface area contributed by atoms with Gasteiger partial charge in [0.15, 0.2) is 5.13 Å². The van der Waals surface area contributed by atoms with Crippen molar-refractivity contribution in [2.45, 2.75) is 4.90 Å². The lowest BCUT2D eigenvalue weighted by molar-refractivity contribution is -0.114. The fourth-order valence-corrected chi connectivity index (χ4v) is 5.27. The summed E-state index contributed by atoms with van der Waals surface area (Å²) < 4.78 is 6.53. The number of halogens is 1. The van der Waals surface area contributed by atoms with Gasteiger partial charge in [-0.3, -0.25) is 14.6 Å². The fourth-order valence-electron chi connectivity index (χ4n) is 3.42. The molecule has 0 N–H and O–H groups in total. The molecular formula is C23H24ClN3O2S2. The lowest BCUT2D eigenvalue weighted by Gasteiger charge is -2.28. The van der Waals surface area contributed by atoms with E-state index in [9.17, 15) is 4.79 Å². The Bertz CT molecular complexity index is 1080. The summed E-state index contributed by atoms with van der Waals surface area (Å²) in [4.78, 5) is 23.3. The monoisotopic (exact) mass is 473 g/mol. The Morgan fingerprint density at radius 3 is 2.84 bits per heavy atom. The second-order valence-electron chi connectivity index (χ2n) is 7.10. The van der Waals surface area contributed by atoms with Crippen molar-refractivity contribution in [1.29, 1.82) is 0 Å². The SMILES string of the molecule is CSc1cccc2sc(N(CCN3CCOCC3)C(=O)/C=C/c3ccccc3Cl)nc12. The van der Waals surface area contributed by atoms with Crippen molar-refractivity contribution in [2.75, 3.05) is 50.5 Å². The second kappa shape index (κ2) is 10.6. The molecule has 1 aliphatic rings. The van der Waals surface area contributed by atoms with E-state index in [4.69, 9.17) is 21.3 Å². The number of ether oxygens (including phenoxy) is 1. The summed E-state index contributed by atoms with van der Waals surface area (Å²) in [7, 11) is 0. The molecule has 1 saturated heterocycles. The van der Waals surface area contributed by atoms with Crippen molar-refractivity contribution in [2.24, 2.45) is 0 Å². The van der Waals surface area contributed by atoms with Gasteiger partial charge in [0, 0.05) is 42.2 Å². The molecule has 0 spiro atoms. The van der Waals surface area contributed by atoms with Gasteiger partial charge in [0.25, 0.3) is 5.91 Å². The summed E-state index contributed by atoms with van der Waals surface area (Å²) >= 11 is 9.47. The minimum absolute atomic E-state index is 0.0991. The topological polar surface area (TPSA) is 45.7 Å². The number of carbonyl (C=O) groups is 1. The van der Waals surface area contributed by atoms with E-state index in [1.807, 2.05) is 36.6 Å². The molecule has 1 aromatic heterocycles. The largest absolute Gasteiger partial charge is 0.379 e. The van der Waals surface area contributed by atoms with Gasteiger partial charge in [-0.05, 0) is 36.1 Å². The zero-order valence-electron chi connectivity index (χ0n) is 17.3. The fraction of sp³-hybridized carbons (Fsp3) is 0.304. The molecule has 31 heavy (non-hydrogen) atoms. The number of hydrogen-bond donors (Lipinski definition) is 0. The molecule has 0 unspecified atom stereocenters. The van der Waals surface area contributed by atoms with Crippen molar-refractivity contribution in [3.63, 3.8) is 0 Å². The van der Waals surface area contributed by atoms with Crippen molar-refractivity contribution >= 4 is 62.0 Å². The van der Waals surface area contributed by atoms with Crippen molar-refractivity contribution < 1.29 is 9.53 Å². The van der Waals surface area contributed by atoms with Crippen LogP contribution in [0.3, 0.4) is 0 Å². The minimum Gasteiger partial charge on any atom is -0.379 e. The molecule has 1 amide bonds. The van der Waals surface area contributed by atoms with Crippen LogP contribution in [0.2, 0.25) is 5.02 Å². The van der Waals surface area contributed by atoms with Gasteiger partial charge in [-0.2, -0.15) is 0 Å². The number of benzene rings is 2. The molecule has 4 rings (SSSR count). The lowest BCUT2D eigenvalue weighted by Crippen LogP contribution is -2.42. The van der Waals surface area contributed by atoms with Crippen molar-refractivity contribution in [3.05, 3.63) is 59.1 Å². The van der Waals surface area contributed by atoms with Gasteiger partial charge in [0.2, 0.25) is 0 Å². The molecule has 0 radical (unpaired) electrons. The standard InChI is InChI=1S/C23H24ClN3O2S2/c1-30-19-7-4-8-20-22(19)25-23(31-20)27(12-11-26-13-15-29-16-14-26)21(28)10-9-17-5-2-3-6-18(17)24/h2-10H,11-16H2,1H3/b10-9+. The summed E-state index contributed by atoms with van der Waals surface area (Å²) in [5, 5.41) is 1.34. The summed E-state index contributed by atoms with van der Waals surface area (Å²) in [5.74, 6) is -0.0991. The molecule has 1 fully saturated rings. The number of hydrogen-bond acceptors (Lipinski definition) is 6. The smallest absolute Gasteiger partial charge is 0.252 e. The number of aromatic nitrogens is 1. The Kier molecular flexibility index (Phi) is 7.63. The van der Waals surface area contributed by atoms with Gasteiger partial charge in [-0.25, -0.2) is 4.98 Å². The first-order valence-corrected chi connectivity index (χ1v) is 12.6. The number of thiazole rings is 1. The highest BCUT2D eigenvalue weighted by Gasteiger charge is 2.21. The number of rotatable bonds is 7. The molecule has 0 aliphatic carbocycles. The van der Waals surface area contributed by atoms with Gasteiger partial charge in [0.05, 0.1) is 23.4 Å². The molecule has 162 valence electrons. The van der Waals surface area contributed by atoms with Crippen LogP contribution < -0.4 is 4.90 Å². The molecule has 2 aromatic carbocycles. The van der Waals surface area contributed by atoms with E-state index in [-0.39, 0.29) is 5.91 Å². The third kappa shape index (κ3) is 5.48. The first-order chi connectivity index (χ1) is 15.2. The second-order valence-corrected chi connectivity index (χ2v) is 9.37. The lowest BCUT2D eigenvalue weighted by atomic mass is 10.2. The molecule has 0 bridgehead atoms. The van der Waals surface area contributed by atoms with E-state index in [0.29, 0.717) is 11.6 Å². The van der Waals surface area contributed by atoms with Gasteiger partial charge in [-0.1, -0.05) is 47.2 Å². The van der Waals surface area contributed by atoms with Crippen molar-refractivity contribution in [3.8, 4) is 0 Å². The average molecular weight is 474 g/mol. The first-order valence-electron chi connectivity index (χ1n) is 10.1. The number of carbonyl (C=O) groups excluding carboxylic acids is 1. The van der Waals surface area contributed by atoms with E-state index in [0.717, 1.165) is 58.7 Å². The third-order valence-corrected chi connectivity index (χ3v) is 7.30. The summed E-state index contributed by atoms with van der Waals surface area (Å²) in [5.41, 5.74) is 1.77. The summed E-state index contributed by atoms with van der Waals surface area (Å²) in [6.07, 6.45) is 5.40. The maximum Gasteiger partial charge on any atom is 0.252 e. The van der Waals surface area contributed by atoms with Gasteiger partial charge >= 0.3 is 0 Å². The van der Waals surface area contributed by atoms with Crippen LogP contribution in [0.25, 0.3) is 16.3 Å². The van der Waals surface area contributed by atoms with Gasteiger partial charge in [-0.15, -0.1) is 11.8 Å². The molecular weight excluding hydrogens is 450 g/mol. The number of para-hydroxylation sites is 1. The Morgan fingerprint density at radius 1 is 1.26 bits per heavy atom. The first kappa shape index (κ1) is 22.3. The van der Waals surface area contributed by atoms with E-state index in [1.54, 1.807) is 40.2 Å². The van der Waals surface area contributed by atoms with Gasteiger partial charge in [0.1, 0.15) is 0 Å². The Morgan fingerprint density at radius 2 is 2.06 bits per heavy atom. The molecule has 8 heteroatoms. The number of nitrogens with zero attached hydrogens (tertiary/aromatic N) is 3. The number of morpholine rings is 1. The van der Waals surface area contributed by atoms with Crippen molar-refractivity contribution in [1.82, 2.24) is 9.88 Å². The van der Waals surface area contributed by atoms with Crippen LogP contribution in [-0.4, -0.2) is 61.4 Å². The summed E-state index contributed by atoms with van der Waals surface area (Å²) in [6.45, 7) is 4.58. The van der Waals surface area contributed by atoms with Crippen LogP contribution in [0.15, 0.2) is 53.4 Å². The Hall–Kier alpha value is -1.90. The quantitative estimate of drug-likeness (QED) is 0.355. The number of anilines is 1. The van der Waals surface area contributed by atoms with E-state index in [1.165, 1.54) is 0 Å². The zero-order chi connectivity index (χ0) is 21.6. The molecule has 3 aromatic rings. The third-order valence-electron chi connectivity index (χ3n) is 5.14. The highest BCUT2D eigenvalue weighted by Crippen LogP contribution is 2.34. The maximum atomic E-state index is 13.2. The maximum absolute atomic E-state index is 13.2. The zero-order valence-corrected chi connectivity index (χ0v) is 19.7. The highest BCUT2D eigenvalue weighted by atomic mass is 35.5. The number of fused-ring (bicyclic) bond motifs is 1. The van der Waals surface area contributed by atoms with Gasteiger partial charge < -0.3 is 4.74 Å². The molecule has 0 saturated carbocycles. The highest BCUT2D eigenvalue weighted by molar-refractivity contribution is 7.98. The van der Waals surface area contributed by atoms with E-state index < -0.39 is 0 Å². The normalized spacial score (nSPS) is 15.0. The Balaban J connectivity index is 1.60. The van der Waals surface area contributed by atoms with Crippen LogP contribution in [0, 0.1) is 0 Å². The summed E-state index contributed by atoms with van der Waals surface area (Å²) in [6, 6.07) is 13.7. The number of amides is 1. The predicted octanol–water partition coefficient (Wildman–Crippen LogP) is 5.05. The van der Waals surface area contributed by atoms with E-state index >= 15 is 0 Å². The predicted molar refractivity (Wildman–Crippen MR) is 131 cm³/mol. The molecule has 1 aliphatic heterocycles. The molecule has 0 atom stereocenters. The van der Waals surface area contributed by atoms with Crippen LogP contribution in [0.4, 0.5) is 5.13 Å². The van der Waals surface area contributed by atoms with Crippen LogP contribution in [0.1, 0.15) is 5.56 Å².